The predicted octanol–water partition coefficient (Wildman–Crippen LogP) is 0.769. The molecule has 1 aliphatic heterocycles. The fraction of sp³-hybridized carbons (Fsp3) is 0.562. The van der Waals surface area contributed by atoms with Crippen LogP contribution in [0.15, 0.2) is 29.2 Å². The molecule has 1 aromatic rings. The summed E-state index contributed by atoms with van der Waals surface area (Å²) in [4.78, 5) is 21.7. The minimum absolute atomic E-state index is 0.0180. The second-order valence-corrected chi connectivity index (χ2v) is 8.00. The van der Waals surface area contributed by atoms with Gasteiger partial charge in [-0.25, -0.2) is 13.1 Å². The first-order valence-corrected chi connectivity index (χ1v) is 10.1. The topological polar surface area (TPSA) is 130 Å². The predicted molar refractivity (Wildman–Crippen MR) is 96.1 cm³/mol. The van der Waals surface area contributed by atoms with Crippen molar-refractivity contribution in [2.24, 2.45) is 5.92 Å². The van der Waals surface area contributed by atoms with E-state index in [1.165, 1.54) is 18.2 Å². The lowest BCUT2D eigenvalue weighted by molar-refractivity contribution is -0.385. The van der Waals surface area contributed by atoms with E-state index in [1.807, 2.05) is 0 Å². The van der Waals surface area contributed by atoms with Crippen LogP contribution in [0.5, 0.6) is 0 Å². The maximum absolute atomic E-state index is 12.1. The Bertz CT molecular complexity index is 732. The number of hydrogen-bond donors (Lipinski definition) is 3. The number of non-ortho nitro benzene ring substituents is 1. The van der Waals surface area contributed by atoms with Crippen molar-refractivity contribution >= 4 is 21.6 Å². The van der Waals surface area contributed by atoms with Crippen LogP contribution in [0.25, 0.3) is 0 Å². The van der Waals surface area contributed by atoms with E-state index in [0.29, 0.717) is 12.3 Å². The standard InChI is InChI=1S/C16H24N4O5S/c21-16(5-4-13-6-8-17-9-7-13)18-10-11-19-26(24,25)15-3-1-2-14(12-15)20(22)23/h1-3,12-13,17,19H,4-11H2,(H,18,21). The quantitative estimate of drug-likeness (QED) is 0.327. The third-order valence-corrected chi connectivity index (χ3v) is 5.78. The molecule has 0 spiro atoms. The Morgan fingerprint density at radius 3 is 2.69 bits per heavy atom. The molecule has 0 bridgehead atoms. The van der Waals surface area contributed by atoms with Crippen LogP contribution in [0.3, 0.4) is 0 Å². The van der Waals surface area contributed by atoms with Gasteiger partial charge in [-0.05, 0) is 44.3 Å². The van der Waals surface area contributed by atoms with Crippen molar-refractivity contribution in [2.45, 2.75) is 30.6 Å². The third-order valence-electron chi connectivity index (χ3n) is 4.32. The number of benzene rings is 1. The summed E-state index contributed by atoms with van der Waals surface area (Å²) in [6, 6.07) is 4.82. The first kappa shape index (κ1) is 20.3. The number of carbonyl (C=O) groups is 1. The van der Waals surface area contributed by atoms with Crippen LogP contribution < -0.4 is 15.4 Å². The summed E-state index contributed by atoms with van der Waals surface area (Å²) in [7, 11) is -3.86. The Hall–Kier alpha value is -2.04. The monoisotopic (exact) mass is 384 g/mol. The first-order valence-electron chi connectivity index (χ1n) is 8.60. The van der Waals surface area contributed by atoms with Crippen molar-refractivity contribution in [1.29, 1.82) is 0 Å². The van der Waals surface area contributed by atoms with Crippen LogP contribution in [0.2, 0.25) is 0 Å². The van der Waals surface area contributed by atoms with Crippen LogP contribution >= 0.6 is 0 Å². The largest absolute Gasteiger partial charge is 0.355 e. The van der Waals surface area contributed by atoms with Crippen LogP contribution in [-0.4, -0.2) is 45.4 Å². The number of carbonyl (C=O) groups excluding carboxylic acids is 1. The summed E-state index contributed by atoms with van der Waals surface area (Å²) in [5.74, 6) is 0.465. The molecular formula is C16H24N4O5S. The molecule has 10 heteroatoms. The average molecular weight is 384 g/mol. The highest BCUT2D eigenvalue weighted by Gasteiger charge is 2.17. The van der Waals surface area contributed by atoms with Gasteiger partial charge in [0.05, 0.1) is 9.82 Å². The molecule has 1 heterocycles. The van der Waals surface area contributed by atoms with Gasteiger partial charge in [0, 0.05) is 31.6 Å². The fourth-order valence-corrected chi connectivity index (χ4v) is 3.90. The van der Waals surface area contributed by atoms with Crippen molar-refractivity contribution in [3.8, 4) is 0 Å². The van der Waals surface area contributed by atoms with Gasteiger partial charge >= 0.3 is 0 Å². The second-order valence-electron chi connectivity index (χ2n) is 6.23. The lowest BCUT2D eigenvalue weighted by Gasteiger charge is -2.22. The van der Waals surface area contributed by atoms with E-state index in [1.54, 1.807) is 0 Å². The van der Waals surface area contributed by atoms with Crippen molar-refractivity contribution in [2.75, 3.05) is 26.2 Å². The maximum Gasteiger partial charge on any atom is 0.270 e. The number of sulfonamides is 1. The Labute approximate surface area is 152 Å². The summed E-state index contributed by atoms with van der Waals surface area (Å²) in [5.41, 5.74) is -0.293. The molecule has 0 aromatic heterocycles. The third kappa shape index (κ3) is 6.36. The molecule has 0 radical (unpaired) electrons. The van der Waals surface area contributed by atoms with Gasteiger partial charge in [0.1, 0.15) is 0 Å². The molecule has 1 aliphatic rings. The Morgan fingerprint density at radius 1 is 1.27 bits per heavy atom. The van der Waals surface area contributed by atoms with Gasteiger partial charge in [-0.3, -0.25) is 14.9 Å². The molecule has 1 aromatic carbocycles. The van der Waals surface area contributed by atoms with Gasteiger partial charge in [-0.15, -0.1) is 0 Å². The molecule has 1 saturated heterocycles. The normalized spacial score (nSPS) is 15.5. The van der Waals surface area contributed by atoms with Gasteiger partial charge < -0.3 is 10.6 Å². The molecule has 1 amide bonds. The van der Waals surface area contributed by atoms with E-state index in [0.717, 1.165) is 38.4 Å². The highest BCUT2D eigenvalue weighted by Crippen LogP contribution is 2.18. The maximum atomic E-state index is 12.1. The van der Waals surface area contributed by atoms with Gasteiger partial charge in [-0.2, -0.15) is 0 Å². The average Bonchev–Trinajstić information content (AvgIpc) is 2.64. The van der Waals surface area contributed by atoms with E-state index in [-0.39, 0.29) is 29.6 Å². The number of hydrogen-bond acceptors (Lipinski definition) is 6. The summed E-state index contributed by atoms with van der Waals surface area (Å²) >= 11 is 0. The van der Waals surface area contributed by atoms with Gasteiger partial charge in [0.2, 0.25) is 15.9 Å². The number of piperidine rings is 1. The fourth-order valence-electron chi connectivity index (χ4n) is 2.83. The van der Waals surface area contributed by atoms with E-state index in [4.69, 9.17) is 0 Å². The number of rotatable bonds is 9. The lowest BCUT2D eigenvalue weighted by atomic mass is 9.93. The molecule has 144 valence electrons. The van der Waals surface area contributed by atoms with Crippen LogP contribution in [0.1, 0.15) is 25.7 Å². The Morgan fingerprint density at radius 2 is 2.00 bits per heavy atom. The molecule has 2 rings (SSSR count). The van der Waals surface area contributed by atoms with E-state index in [2.05, 4.69) is 15.4 Å². The van der Waals surface area contributed by atoms with Crippen molar-refractivity contribution in [3.63, 3.8) is 0 Å². The molecule has 1 fully saturated rings. The minimum atomic E-state index is -3.86. The summed E-state index contributed by atoms with van der Waals surface area (Å²) in [5, 5.41) is 16.7. The second kappa shape index (κ2) is 9.60. The minimum Gasteiger partial charge on any atom is -0.355 e. The Balaban J connectivity index is 1.71. The number of nitro groups is 1. The zero-order valence-corrected chi connectivity index (χ0v) is 15.3. The van der Waals surface area contributed by atoms with E-state index >= 15 is 0 Å². The number of nitro benzene ring substituents is 1. The highest BCUT2D eigenvalue weighted by atomic mass is 32.2. The van der Waals surface area contributed by atoms with E-state index < -0.39 is 14.9 Å². The summed E-state index contributed by atoms with van der Waals surface area (Å²) in [6.07, 6.45) is 3.43. The first-order chi connectivity index (χ1) is 12.4. The van der Waals surface area contributed by atoms with Crippen molar-refractivity contribution in [3.05, 3.63) is 34.4 Å². The molecule has 26 heavy (non-hydrogen) atoms. The summed E-state index contributed by atoms with van der Waals surface area (Å²) < 4.78 is 26.6. The van der Waals surface area contributed by atoms with Crippen LogP contribution in [0.4, 0.5) is 5.69 Å². The molecule has 0 aliphatic carbocycles. The SMILES string of the molecule is O=C(CCC1CCNCC1)NCCNS(=O)(=O)c1cccc([N+](=O)[O-])c1. The van der Waals surface area contributed by atoms with Gasteiger partial charge in [-0.1, -0.05) is 6.07 Å². The van der Waals surface area contributed by atoms with E-state index in [9.17, 15) is 23.3 Å². The van der Waals surface area contributed by atoms with Crippen molar-refractivity contribution in [1.82, 2.24) is 15.4 Å². The number of nitrogens with one attached hydrogen (secondary N) is 3. The number of amides is 1. The lowest BCUT2D eigenvalue weighted by Crippen LogP contribution is -2.35. The van der Waals surface area contributed by atoms with Crippen LogP contribution in [0, 0.1) is 16.0 Å². The molecule has 0 unspecified atom stereocenters. The van der Waals surface area contributed by atoms with Crippen LogP contribution in [-0.2, 0) is 14.8 Å². The van der Waals surface area contributed by atoms with Gasteiger partial charge in [0.15, 0.2) is 0 Å². The van der Waals surface area contributed by atoms with Gasteiger partial charge in [0.25, 0.3) is 5.69 Å². The molecular weight excluding hydrogens is 360 g/mol. The zero-order chi connectivity index (χ0) is 19.0. The molecule has 0 saturated carbocycles. The highest BCUT2D eigenvalue weighted by molar-refractivity contribution is 7.89. The van der Waals surface area contributed by atoms with Crippen molar-refractivity contribution < 1.29 is 18.1 Å². The number of nitrogens with zero attached hydrogens (tertiary/aromatic N) is 1. The zero-order valence-electron chi connectivity index (χ0n) is 14.4. The smallest absolute Gasteiger partial charge is 0.270 e. The Kier molecular flexibility index (Phi) is 7.49. The molecule has 9 nitrogen and oxygen atoms in total. The molecule has 0 atom stereocenters. The molecule has 3 N–H and O–H groups in total. The summed E-state index contributed by atoms with van der Waals surface area (Å²) in [6.45, 7) is 2.17.